The van der Waals surface area contributed by atoms with Gasteiger partial charge in [-0.2, -0.15) is 0 Å². The smallest absolute Gasteiger partial charge is 0.184 e. The lowest BCUT2D eigenvalue weighted by molar-refractivity contribution is 0.644. The molecular weight excluding hydrogens is 158 g/mol. The normalized spacial score (nSPS) is 12.5. The van der Waals surface area contributed by atoms with Crippen molar-refractivity contribution in [2.75, 3.05) is 26.9 Å². The van der Waals surface area contributed by atoms with Gasteiger partial charge in [-0.1, -0.05) is 11.8 Å². The van der Waals surface area contributed by atoms with Crippen LogP contribution in [0.2, 0.25) is 0 Å². The minimum Gasteiger partial charge on any atom is -0.369 e. The maximum absolute atomic E-state index is 4.17. The van der Waals surface area contributed by atoms with Gasteiger partial charge in [0.2, 0.25) is 0 Å². The van der Waals surface area contributed by atoms with Gasteiger partial charge in [0.05, 0.1) is 6.34 Å². The fourth-order valence-corrected chi connectivity index (χ4v) is 0.869. The fourth-order valence-electron chi connectivity index (χ4n) is 0.458. The maximum Gasteiger partial charge on any atom is 0.184 e. The Kier molecular flexibility index (Phi) is 5.93. The molecule has 0 atom stereocenters. The zero-order chi connectivity index (χ0) is 8.69. The lowest BCUT2D eigenvalue weighted by Gasteiger charge is -2.01. The third-order valence-electron chi connectivity index (χ3n) is 0.875. The number of hydrogen-bond acceptors (Lipinski definition) is 2. The van der Waals surface area contributed by atoms with Crippen molar-refractivity contribution in [2.24, 2.45) is 9.98 Å². The van der Waals surface area contributed by atoms with E-state index in [1.54, 1.807) is 18.1 Å². The first-order valence-electron chi connectivity index (χ1n) is 3.49. The van der Waals surface area contributed by atoms with Crippen LogP contribution in [0.25, 0.3) is 0 Å². The van der Waals surface area contributed by atoms with Crippen molar-refractivity contribution >= 4 is 23.3 Å². The van der Waals surface area contributed by atoms with Gasteiger partial charge in [0.15, 0.2) is 5.17 Å². The number of thioether (sulfide) groups is 1. The van der Waals surface area contributed by atoms with E-state index in [-0.39, 0.29) is 0 Å². The van der Waals surface area contributed by atoms with Crippen LogP contribution in [-0.4, -0.2) is 43.3 Å². The minimum absolute atomic E-state index is 0.793. The molecule has 0 heterocycles. The van der Waals surface area contributed by atoms with Gasteiger partial charge < -0.3 is 4.90 Å². The van der Waals surface area contributed by atoms with Crippen LogP contribution < -0.4 is 0 Å². The van der Waals surface area contributed by atoms with E-state index in [9.17, 15) is 0 Å². The van der Waals surface area contributed by atoms with E-state index in [4.69, 9.17) is 0 Å². The quantitative estimate of drug-likeness (QED) is 0.465. The molecule has 0 aliphatic carbocycles. The Morgan fingerprint density at radius 1 is 1.55 bits per heavy atom. The van der Waals surface area contributed by atoms with Crippen LogP contribution in [-0.2, 0) is 0 Å². The molecule has 0 rings (SSSR count). The van der Waals surface area contributed by atoms with E-state index in [1.165, 1.54) is 0 Å². The Morgan fingerprint density at radius 2 is 2.18 bits per heavy atom. The standard InChI is InChI=1S/C7H15N3S/c1-5-8-7(11-4)9-6-10(2)3/h6H,5H2,1-4H3/b8-7?,9-6+. The zero-order valence-corrected chi connectivity index (χ0v) is 8.35. The van der Waals surface area contributed by atoms with Crippen LogP contribution >= 0.6 is 11.8 Å². The molecule has 11 heavy (non-hydrogen) atoms. The summed E-state index contributed by atoms with van der Waals surface area (Å²) in [5, 5.41) is 0.834. The molecule has 0 saturated heterocycles. The van der Waals surface area contributed by atoms with Crippen LogP contribution in [0.4, 0.5) is 0 Å². The van der Waals surface area contributed by atoms with E-state index in [2.05, 4.69) is 9.98 Å². The molecule has 0 N–H and O–H groups in total. The number of rotatable bonds is 2. The lowest BCUT2D eigenvalue weighted by atomic mass is 10.8. The Morgan fingerprint density at radius 3 is 2.55 bits per heavy atom. The fraction of sp³-hybridized carbons (Fsp3) is 0.714. The van der Waals surface area contributed by atoms with Crippen LogP contribution in [0.15, 0.2) is 9.98 Å². The summed E-state index contributed by atoms with van der Waals surface area (Å²) >= 11 is 1.56. The van der Waals surface area contributed by atoms with Crippen LogP contribution in [0, 0.1) is 0 Å². The molecule has 0 aromatic heterocycles. The predicted molar refractivity (Wildman–Crippen MR) is 53.7 cm³/mol. The number of hydrogen-bond donors (Lipinski definition) is 0. The molecule has 4 heteroatoms. The van der Waals surface area contributed by atoms with Gasteiger partial charge in [0.25, 0.3) is 0 Å². The molecule has 64 valence electrons. The summed E-state index contributed by atoms with van der Waals surface area (Å²) < 4.78 is 0. The van der Waals surface area contributed by atoms with Gasteiger partial charge in [-0.15, -0.1) is 0 Å². The molecule has 0 aromatic rings. The first kappa shape index (κ1) is 10.5. The van der Waals surface area contributed by atoms with E-state index >= 15 is 0 Å². The first-order chi connectivity index (χ1) is 5.20. The van der Waals surface area contributed by atoms with Crippen molar-refractivity contribution in [2.45, 2.75) is 6.92 Å². The number of nitrogens with zero attached hydrogens (tertiary/aromatic N) is 3. The van der Waals surface area contributed by atoms with Crippen LogP contribution in [0.1, 0.15) is 6.92 Å². The van der Waals surface area contributed by atoms with Gasteiger partial charge in [-0.05, 0) is 13.2 Å². The van der Waals surface area contributed by atoms with Crippen molar-refractivity contribution in [3.63, 3.8) is 0 Å². The summed E-state index contributed by atoms with van der Waals surface area (Å²) in [6.45, 7) is 2.79. The average Bonchev–Trinajstić information content (AvgIpc) is 1.97. The first-order valence-corrected chi connectivity index (χ1v) is 4.72. The predicted octanol–water partition coefficient (Wildman–Crippen LogP) is 1.32. The van der Waals surface area contributed by atoms with Crippen molar-refractivity contribution in [3.8, 4) is 0 Å². The molecule has 0 bridgehead atoms. The number of amidine groups is 1. The molecule has 0 amide bonds. The van der Waals surface area contributed by atoms with Gasteiger partial charge in [0.1, 0.15) is 0 Å². The zero-order valence-electron chi connectivity index (χ0n) is 7.53. The third kappa shape index (κ3) is 5.91. The van der Waals surface area contributed by atoms with Gasteiger partial charge in [0, 0.05) is 20.6 Å². The topological polar surface area (TPSA) is 28.0 Å². The average molecular weight is 173 g/mol. The molecule has 0 radical (unpaired) electrons. The highest BCUT2D eigenvalue weighted by molar-refractivity contribution is 8.13. The van der Waals surface area contributed by atoms with Crippen molar-refractivity contribution in [1.29, 1.82) is 0 Å². The Bertz CT molecular complexity index is 152. The highest BCUT2D eigenvalue weighted by Crippen LogP contribution is 1.98. The third-order valence-corrected chi connectivity index (χ3v) is 1.47. The van der Waals surface area contributed by atoms with E-state index in [0.29, 0.717) is 0 Å². The monoisotopic (exact) mass is 173 g/mol. The van der Waals surface area contributed by atoms with Gasteiger partial charge in [-0.3, -0.25) is 4.99 Å². The molecule has 0 aliphatic heterocycles. The highest BCUT2D eigenvalue weighted by atomic mass is 32.2. The largest absolute Gasteiger partial charge is 0.369 e. The molecule has 0 saturated carbocycles. The molecule has 0 fully saturated rings. The van der Waals surface area contributed by atoms with E-state index in [1.807, 2.05) is 32.2 Å². The Labute approximate surface area is 72.6 Å². The summed E-state index contributed by atoms with van der Waals surface area (Å²) in [4.78, 5) is 10.2. The molecule has 0 unspecified atom stereocenters. The second kappa shape index (κ2) is 6.22. The second-order valence-corrected chi connectivity index (χ2v) is 2.94. The van der Waals surface area contributed by atoms with Gasteiger partial charge in [-0.25, -0.2) is 4.99 Å². The lowest BCUT2D eigenvalue weighted by Crippen LogP contribution is -2.08. The molecular formula is C7H15N3S. The van der Waals surface area contributed by atoms with Crippen LogP contribution in [0.3, 0.4) is 0 Å². The van der Waals surface area contributed by atoms with Gasteiger partial charge >= 0.3 is 0 Å². The summed E-state index contributed by atoms with van der Waals surface area (Å²) in [5.41, 5.74) is 0. The summed E-state index contributed by atoms with van der Waals surface area (Å²) in [6.07, 6.45) is 3.73. The summed E-state index contributed by atoms with van der Waals surface area (Å²) in [5.74, 6) is 0. The second-order valence-electron chi connectivity index (χ2n) is 2.17. The van der Waals surface area contributed by atoms with E-state index in [0.717, 1.165) is 11.7 Å². The Balaban J connectivity index is 3.97. The summed E-state index contributed by atoms with van der Waals surface area (Å²) in [6, 6.07) is 0. The van der Waals surface area contributed by atoms with Crippen LogP contribution in [0.5, 0.6) is 0 Å². The minimum atomic E-state index is 0.793. The summed E-state index contributed by atoms with van der Waals surface area (Å²) in [7, 11) is 3.88. The SMILES string of the molecule is CCN=C(/N=C/N(C)C)SC. The maximum atomic E-state index is 4.17. The molecule has 0 aliphatic rings. The van der Waals surface area contributed by atoms with Crippen molar-refractivity contribution in [1.82, 2.24) is 4.90 Å². The molecule has 3 nitrogen and oxygen atoms in total. The number of aliphatic imine (C=N–C) groups is 2. The molecule has 0 aromatic carbocycles. The van der Waals surface area contributed by atoms with E-state index < -0.39 is 0 Å². The van der Waals surface area contributed by atoms with Crippen molar-refractivity contribution in [3.05, 3.63) is 0 Å². The highest BCUT2D eigenvalue weighted by Gasteiger charge is 1.89. The van der Waals surface area contributed by atoms with Crippen molar-refractivity contribution < 1.29 is 0 Å². The Hall–Kier alpha value is -0.510. The molecule has 0 spiro atoms.